The van der Waals surface area contributed by atoms with Gasteiger partial charge in [0.05, 0.1) is 6.04 Å². The van der Waals surface area contributed by atoms with E-state index in [1.807, 2.05) is 16.8 Å². The molecular formula is C20H25FN4O6. The molecule has 0 saturated heterocycles. The third-order valence-electron chi connectivity index (χ3n) is 3.83. The molecule has 2 aromatic carbocycles. The van der Waals surface area contributed by atoms with Crippen molar-refractivity contribution in [3.63, 3.8) is 0 Å². The zero-order chi connectivity index (χ0) is 23.2. The van der Waals surface area contributed by atoms with E-state index in [-0.39, 0.29) is 12.4 Å². The number of amides is 2. The monoisotopic (exact) mass is 436 g/mol. The molecule has 0 fully saturated rings. The summed E-state index contributed by atoms with van der Waals surface area (Å²) >= 11 is 0. The number of alkyl carbamates (subject to hydrolysis) is 1. The Labute approximate surface area is 178 Å². The molecule has 11 heteroatoms. The highest BCUT2D eigenvalue weighted by Gasteiger charge is 2.20. The Bertz CT molecular complexity index is 835. The van der Waals surface area contributed by atoms with E-state index in [2.05, 4.69) is 0 Å². The highest BCUT2D eigenvalue weighted by molar-refractivity contribution is 5.81. The quantitative estimate of drug-likeness (QED) is 0.198. The van der Waals surface area contributed by atoms with E-state index < -0.39 is 36.7 Å². The fraction of sp³-hybridized carbons (Fsp3) is 0.250. The molecule has 0 saturated carbocycles. The number of hydrogen-bond acceptors (Lipinski definition) is 7. The van der Waals surface area contributed by atoms with Gasteiger partial charge in [-0.2, -0.15) is 0 Å². The van der Waals surface area contributed by atoms with Gasteiger partial charge in [0.1, 0.15) is 19.0 Å². The molecule has 10 nitrogen and oxygen atoms in total. The third-order valence-corrected chi connectivity index (χ3v) is 3.83. The zero-order valence-corrected chi connectivity index (χ0v) is 16.5. The molecule has 0 unspecified atom stereocenters. The van der Waals surface area contributed by atoms with Gasteiger partial charge in [0.25, 0.3) is 5.91 Å². The molecule has 0 aliphatic heterocycles. The number of phenols is 1. The second kappa shape index (κ2) is 13.5. The van der Waals surface area contributed by atoms with Gasteiger partial charge in [-0.05, 0) is 29.7 Å². The van der Waals surface area contributed by atoms with Gasteiger partial charge < -0.3 is 26.0 Å². The number of hydrazine groups is 1. The number of rotatable bonds is 8. The molecule has 0 bridgehead atoms. The Morgan fingerprint density at radius 3 is 2.16 bits per heavy atom. The van der Waals surface area contributed by atoms with Gasteiger partial charge in [0.2, 0.25) is 0 Å². The lowest BCUT2D eigenvalue weighted by Gasteiger charge is -2.11. The summed E-state index contributed by atoms with van der Waals surface area (Å²) in [6, 6.07) is 13.1. The van der Waals surface area contributed by atoms with Crippen molar-refractivity contribution < 1.29 is 33.7 Å². The summed E-state index contributed by atoms with van der Waals surface area (Å²) in [7, 11) is 0. The summed E-state index contributed by atoms with van der Waals surface area (Å²) in [6.45, 7) is -1.18. The van der Waals surface area contributed by atoms with Crippen molar-refractivity contribution in [1.82, 2.24) is 10.7 Å². The van der Waals surface area contributed by atoms with Crippen molar-refractivity contribution in [3.8, 4) is 5.75 Å². The number of ether oxygens (including phenoxy) is 1. The topological polar surface area (TPSA) is 177 Å². The van der Waals surface area contributed by atoms with E-state index in [4.69, 9.17) is 26.5 Å². The van der Waals surface area contributed by atoms with E-state index in [9.17, 15) is 18.8 Å². The van der Waals surface area contributed by atoms with Gasteiger partial charge >= 0.3 is 12.1 Å². The molecule has 2 aromatic rings. The first kappa shape index (κ1) is 25.3. The maximum absolute atomic E-state index is 12.2. The number of hydrogen-bond donors (Lipinski definition) is 6. The average molecular weight is 436 g/mol. The van der Waals surface area contributed by atoms with Crippen LogP contribution in [0.1, 0.15) is 11.1 Å². The van der Waals surface area contributed by atoms with Crippen LogP contribution >= 0.6 is 0 Å². The van der Waals surface area contributed by atoms with Crippen LogP contribution in [0.5, 0.6) is 5.75 Å². The van der Waals surface area contributed by atoms with E-state index in [1.54, 1.807) is 48.5 Å². The minimum atomic E-state index is -1.57. The van der Waals surface area contributed by atoms with Gasteiger partial charge in [-0.15, -0.1) is 0 Å². The zero-order valence-electron chi connectivity index (χ0n) is 16.5. The Morgan fingerprint density at radius 1 is 1.03 bits per heavy atom. The minimum absolute atomic E-state index is 0.00526. The van der Waals surface area contributed by atoms with Crippen molar-refractivity contribution in [2.24, 2.45) is 11.6 Å². The van der Waals surface area contributed by atoms with E-state index in [1.165, 1.54) is 0 Å². The normalized spacial score (nSPS) is 11.8. The van der Waals surface area contributed by atoms with Crippen molar-refractivity contribution in [1.29, 1.82) is 0 Å². The van der Waals surface area contributed by atoms with Crippen LogP contribution in [-0.4, -0.2) is 46.9 Å². The molecule has 168 valence electrons. The smallest absolute Gasteiger partial charge is 0.408 e. The molecule has 31 heavy (non-hydrogen) atoms. The Morgan fingerprint density at radius 2 is 1.65 bits per heavy atom. The molecule has 2 rings (SSSR count). The maximum atomic E-state index is 12.2. The van der Waals surface area contributed by atoms with E-state index in [0.717, 1.165) is 11.1 Å². The van der Waals surface area contributed by atoms with Crippen LogP contribution in [0.3, 0.4) is 0 Å². The van der Waals surface area contributed by atoms with Gasteiger partial charge in [-0.25, -0.2) is 19.8 Å². The van der Waals surface area contributed by atoms with E-state index >= 15 is 0 Å². The number of carboxylic acid groups (broad SMARTS) is 1. The second-order valence-corrected chi connectivity index (χ2v) is 6.24. The predicted molar refractivity (Wildman–Crippen MR) is 109 cm³/mol. The lowest BCUT2D eigenvalue weighted by atomic mass is 10.1. The van der Waals surface area contributed by atoms with Crippen LogP contribution in [0.15, 0.2) is 54.6 Å². The fourth-order valence-corrected chi connectivity index (χ4v) is 2.16. The number of carbonyl (C=O) groups is 3. The first-order valence-electron chi connectivity index (χ1n) is 9.06. The molecule has 0 spiro atoms. The minimum Gasteiger partial charge on any atom is -0.508 e. The Balaban J connectivity index is 0.000000316. The molecule has 0 aromatic heterocycles. The van der Waals surface area contributed by atoms with Gasteiger partial charge in [0.15, 0.2) is 6.04 Å². The molecule has 0 aliphatic carbocycles. The average Bonchev–Trinajstić information content (AvgIpc) is 2.77. The van der Waals surface area contributed by atoms with Crippen molar-refractivity contribution in [2.45, 2.75) is 25.1 Å². The molecule has 0 heterocycles. The van der Waals surface area contributed by atoms with Crippen LogP contribution < -0.4 is 22.3 Å². The third kappa shape index (κ3) is 10.1. The van der Waals surface area contributed by atoms with Crippen molar-refractivity contribution >= 4 is 18.0 Å². The standard InChI is InChI=1S/C11H12FNO4.C9H13N3O2/c12-6-9(10(14)15)13-11(16)17-7-8-4-2-1-3-5-8;10-8(9(14)12-11)5-6-1-3-7(13)4-2-6/h1-5,9H,6-7H2,(H,13,16)(H,14,15);1-4,8,13H,5,10-11H2,(H,12,14)/t9-;8-/m10/s1. The number of phenolic OH excluding ortho intramolecular Hbond substituents is 1. The van der Waals surface area contributed by atoms with Crippen LogP contribution in [0.2, 0.25) is 0 Å². The molecule has 0 radical (unpaired) electrons. The number of nitrogens with one attached hydrogen (secondary N) is 2. The fourth-order valence-electron chi connectivity index (χ4n) is 2.16. The number of benzene rings is 2. The van der Waals surface area contributed by atoms with E-state index in [0.29, 0.717) is 6.42 Å². The summed E-state index contributed by atoms with van der Waals surface area (Å²) in [5.74, 6) is 3.27. The number of carbonyl (C=O) groups excluding carboxylic acids is 2. The molecular weight excluding hydrogens is 411 g/mol. The number of aromatic hydroxyl groups is 1. The van der Waals surface area contributed by atoms with Gasteiger partial charge in [-0.1, -0.05) is 42.5 Å². The Kier molecular flexibility index (Phi) is 11.0. The lowest BCUT2D eigenvalue weighted by molar-refractivity contribution is -0.139. The number of halogens is 1. The summed E-state index contributed by atoms with van der Waals surface area (Å²) in [5, 5.41) is 19.4. The molecule has 8 N–H and O–H groups in total. The first-order valence-corrected chi connectivity index (χ1v) is 9.06. The number of carboxylic acids is 1. The summed E-state index contributed by atoms with van der Waals surface area (Å²) in [5.41, 5.74) is 9.16. The molecule has 2 amide bonds. The highest BCUT2D eigenvalue weighted by atomic mass is 19.1. The number of alkyl halides is 1. The van der Waals surface area contributed by atoms with Crippen molar-refractivity contribution in [3.05, 3.63) is 65.7 Å². The van der Waals surface area contributed by atoms with Crippen LogP contribution in [0.25, 0.3) is 0 Å². The largest absolute Gasteiger partial charge is 0.508 e. The van der Waals surface area contributed by atoms with Crippen molar-refractivity contribution in [2.75, 3.05) is 6.67 Å². The SMILES string of the molecule is NNC(=O)[C@@H](N)Cc1ccc(O)cc1.O=C(N[C@H](CF)C(=O)O)OCc1ccccc1. The summed E-state index contributed by atoms with van der Waals surface area (Å²) < 4.78 is 16.9. The number of nitrogens with two attached hydrogens (primary N) is 2. The summed E-state index contributed by atoms with van der Waals surface area (Å²) in [4.78, 5) is 32.5. The predicted octanol–water partition coefficient (Wildman–Crippen LogP) is 0.587. The molecule has 0 aliphatic rings. The summed E-state index contributed by atoms with van der Waals surface area (Å²) in [6.07, 6.45) is -0.567. The maximum Gasteiger partial charge on any atom is 0.408 e. The number of aliphatic carboxylic acids is 1. The van der Waals surface area contributed by atoms with Crippen LogP contribution in [-0.2, 0) is 27.4 Å². The van der Waals surface area contributed by atoms with Gasteiger partial charge in [0, 0.05) is 0 Å². The molecule has 2 atom stereocenters. The Hall–Kier alpha value is -3.70. The second-order valence-electron chi connectivity index (χ2n) is 6.24. The highest BCUT2D eigenvalue weighted by Crippen LogP contribution is 2.10. The lowest BCUT2D eigenvalue weighted by Crippen LogP contribution is -2.45. The van der Waals surface area contributed by atoms with Crippen LogP contribution in [0, 0.1) is 0 Å². The first-order chi connectivity index (χ1) is 14.8. The van der Waals surface area contributed by atoms with Gasteiger partial charge in [-0.3, -0.25) is 10.2 Å². The van der Waals surface area contributed by atoms with Crippen LogP contribution in [0.4, 0.5) is 9.18 Å².